The SMILES string of the molecule is C=C1NC2C=C(c3ccc(-c4ccc5c(c4)C(c4ccccc4)(c4ccccc4)c4cc(C#N)ccc4-5)cc3)C=CN2Sc2ccccc21. The zero-order valence-corrected chi connectivity index (χ0v) is 27.5. The smallest absolute Gasteiger partial charge is 0.129 e. The second-order valence-corrected chi connectivity index (χ2v) is 13.7. The maximum atomic E-state index is 9.96. The molecule has 1 unspecified atom stereocenters. The van der Waals surface area contributed by atoms with Gasteiger partial charge in [-0.05, 0) is 104 Å². The quantitative estimate of drug-likeness (QED) is 0.193. The van der Waals surface area contributed by atoms with Gasteiger partial charge in [0.2, 0.25) is 0 Å². The number of hydrogen-bond donors (Lipinski definition) is 1. The van der Waals surface area contributed by atoms with Crippen molar-refractivity contribution in [3.05, 3.63) is 209 Å². The fourth-order valence-electron chi connectivity index (χ4n) is 7.69. The van der Waals surface area contributed by atoms with E-state index in [0.717, 1.165) is 28.0 Å². The lowest BCUT2D eigenvalue weighted by Crippen LogP contribution is -2.36. The minimum Gasteiger partial charge on any atom is -0.361 e. The average molecular weight is 646 g/mol. The molecule has 0 aromatic heterocycles. The molecule has 0 spiro atoms. The van der Waals surface area contributed by atoms with Crippen molar-refractivity contribution in [2.24, 2.45) is 0 Å². The van der Waals surface area contributed by atoms with Gasteiger partial charge in [0.25, 0.3) is 0 Å². The highest BCUT2D eigenvalue weighted by Gasteiger charge is 2.46. The van der Waals surface area contributed by atoms with E-state index in [0.29, 0.717) is 5.56 Å². The molecule has 232 valence electrons. The van der Waals surface area contributed by atoms with Crippen LogP contribution in [0.2, 0.25) is 0 Å². The number of hydrogen-bond acceptors (Lipinski definition) is 4. The molecule has 6 aromatic carbocycles. The van der Waals surface area contributed by atoms with Crippen LogP contribution in [0.5, 0.6) is 0 Å². The van der Waals surface area contributed by atoms with Gasteiger partial charge in [0, 0.05) is 22.4 Å². The van der Waals surface area contributed by atoms with Gasteiger partial charge in [-0.25, -0.2) is 0 Å². The number of benzene rings is 6. The van der Waals surface area contributed by atoms with E-state index in [9.17, 15) is 5.26 Å². The van der Waals surface area contributed by atoms with Gasteiger partial charge in [-0.3, -0.25) is 4.31 Å². The van der Waals surface area contributed by atoms with Gasteiger partial charge in [-0.15, -0.1) is 0 Å². The Morgan fingerprint density at radius 2 is 1.27 bits per heavy atom. The summed E-state index contributed by atoms with van der Waals surface area (Å²) in [5, 5.41) is 13.6. The minimum absolute atomic E-state index is 0.00596. The number of nitrogens with zero attached hydrogens (tertiary/aromatic N) is 2. The molecular weight excluding hydrogens is 615 g/mol. The van der Waals surface area contributed by atoms with Crippen LogP contribution in [0.3, 0.4) is 0 Å². The molecule has 0 saturated heterocycles. The molecule has 2 aliphatic heterocycles. The van der Waals surface area contributed by atoms with Crippen LogP contribution in [0.4, 0.5) is 0 Å². The van der Waals surface area contributed by atoms with E-state index in [4.69, 9.17) is 0 Å². The molecule has 1 aliphatic carbocycles. The highest BCUT2D eigenvalue weighted by molar-refractivity contribution is 7.97. The summed E-state index contributed by atoms with van der Waals surface area (Å²) in [5.74, 6) is 0. The van der Waals surface area contributed by atoms with E-state index in [1.807, 2.05) is 6.07 Å². The summed E-state index contributed by atoms with van der Waals surface area (Å²) >= 11 is 1.73. The number of rotatable bonds is 4. The summed E-state index contributed by atoms with van der Waals surface area (Å²) in [7, 11) is 0. The van der Waals surface area contributed by atoms with Crippen molar-refractivity contribution in [3.8, 4) is 28.3 Å². The van der Waals surface area contributed by atoms with Crippen LogP contribution in [0.25, 0.3) is 33.5 Å². The Morgan fingerprint density at radius 1 is 0.653 bits per heavy atom. The van der Waals surface area contributed by atoms with Crippen LogP contribution in [-0.2, 0) is 5.41 Å². The summed E-state index contributed by atoms with van der Waals surface area (Å²) in [5.41, 5.74) is 13.9. The van der Waals surface area contributed by atoms with Gasteiger partial charge >= 0.3 is 0 Å². The molecule has 0 fully saturated rings. The first-order chi connectivity index (χ1) is 24.1. The van der Waals surface area contributed by atoms with Gasteiger partial charge in [-0.2, -0.15) is 5.26 Å². The first kappa shape index (κ1) is 29.1. The number of nitriles is 1. The maximum Gasteiger partial charge on any atom is 0.129 e. The lowest BCUT2D eigenvalue weighted by atomic mass is 9.67. The van der Waals surface area contributed by atoms with Gasteiger partial charge in [0.1, 0.15) is 6.17 Å². The van der Waals surface area contributed by atoms with Crippen LogP contribution in [0, 0.1) is 11.3 Å². The monoisotopic (exact) mass is 645 g/mol. The molecule has 0 bridgehead atoms. The summed E-state index contributed by atoms with van der Waals surface area (Å²) in [4.78, 5) is 1.19. The molecule has 2 heterocycles. The first-order valence-electron chi connectivity index (χ1n) is 16.5. The third kappa shape index (κ3) is 4.66. The zero-order chi connectivity index (χ0) is 33.0. The summed E-state index contributed by atoms with van der Waals surface area (Å²) in [6, 6.07) is 54.1. The second kappa shape index (κ2) is 11.6. The van der Waals surface area contributed by atoms with Gasteiger partial charge < -0.3 is 5.32 Å². The normalized spacial score (nSPS) is 16.6. The molecule has 0 saturated carbocycles. The van der Waals surface area contributed by atoms with Crippen LogP contribution in [-0.4, -0.2) is 10.5 Å². The Bertz CT molecular complexity index is 2330. The van der Waals surface area contributed by atoms with Crippen molar-refractivity contribution >= 4 is 23.2 Å². The fraction of sp³-hybridized carbons (Fsp3) is 0.0444. The minimum atomic E-state index is -0.563. The maximum absolute atomic E-state index is 9.96. The topological polar surface area (TPSA) is 39.1 Å². The molecule has 3 aliphatic rings. The highest BCUT2D eigenvalue weighted by atomic mass is 32.2. The summed E-state index contributed by atoms with van der Waals surface area (Å²) < 4.78 is 2.24. The van der Waals surface area contributed by atoms with Gasteiger partial charge in [-0.1, -0.05) is 128 Å². The summed E-state index contributed by atoms with van der Waals surface area (Å²) in [6.07, 6.45) is 6.61. The molecule has 4 heteroatoms. The fourth-order valence-corrected chi connectivity index (χ4v) is 8.69. The largest absolute Gasteiger partial charge is 0.361 e. The molecule has 0 radical (unpaired) electrons. The summed E-state index contributed by atoms with van der Waals surface area (Å²) in [6.45, 7) is 4.33. The standard InChI is InChI=1S/C45H31N3S/c1-30-38-14-8-9-15-43(38)49-48-25-24-35(28-44(48)47-30)33-19-17-32(18-20-33)34-21-23-40-39-22-16-31(29-46)26-41(39)45(42(40)27-34,36-10-4-2-5-11-36)37-12-6-3-7-13-37/h2-28,44,47H,1H2. The Hall–Kier alpha value is -6.02. The molecule has 0 amide bonds. The van der Waals surface area contributed by atoms with E-state index >= 15 is 0 Å². The third-order valence-electron chi connectivity index (χ3n) is 9.98. The highest BCUT2D eigenvalue weighted by Crippen LogP contribution is 2.57. The average Bonchev–Trinajstić information content (AvgIpc) is 3.37. The van der Waals surface area contributed by atoms with E-state index in [1.165, 1.54) is 43.8 Å². The number of fused-ring (bicyclic) bond motifs is 5. The van der Waals surface area contributed by atoms with Gasteiger partial charge in [0.05, 0.1) is 17.0 Å². The molecular formula is C45H31N3S. The van der Waals surface area contributed by atoms with Crippen molar-refractivity contribution < 1.29 is 0 Å². The van der Waals surface area contributed by atoms with Crippen molar-refractivity contribution in [1.29, 1.82) is 5.26 Å². The molecule has 1 atom stereocenters. The van der Waals surface area contributed by atoms with Crippen molar-refractivity contribution in [2.45, 2.75) is 16.5 Å². The number of allylic oxidation sites excluding steroid dienone is 2. The van der Waals surface area contributed by atoms with E-state index < -0.39 is 5.41 Å². The predicted octanol–water partition coefficient (Wildman–Crippen LogP) is 10.4. The molecule has 6 aromatic rings. The third-order valence-corrected chi connectivity index (χ3v) is 11.1. The number of nitrogens with one attached hydrogen (secondary N) is 1. The molecule has 9 rings (SSSR count). The van der Waals surface area contributed by atoms with E-state index in [-0.39, 0.29) is 6.17 Å². The van der Waals surface area contributed by atoms with Crippen LogP contribution < -0.4 is 5.32 Å². The predicted molar refractivity (Wildman–Crippen MR) is 201 cm³/mol. The Labute approximate surface area is 291 Å². The van der Waals surface area contributed by atoms with E-state index in [2.05, 4.69) is 180 Å². The lowest BCUT2D eigenvalue weighted by Gasteiger charge is -2.34. The Morgan fingerprint density at radius 3 is 1.98 bits per heavy atom. The molecule has 1 N–H and O–H groups in total. The first-order valence-corrected chi connectivity index (χ1v) is 17.2. The Kier molecular flexibility index (Phi) is 6.90. The molecule has 3 nitrogen and oxygen atoms in total. The van der Waals surface area contributed by atoms with Crippen molar-refractivity contribution in [2.75, 3.05) is 0 Å². The second-order valence-electron chi connectivity index (χ2n) is 12.6. The lowest BCUT2D eigenvalue weighted by molar-refractivity contribution is 0.484. The van der Waals surface area contributed by atoms with Crippen LogP contribution in [0.15, 0.2) is 175 Å². The Balaban J connectivity index is 1.12. The zero-order valence-electron chi connectivity index (χ0n) is 26.7. The van der Waals surface area contributed by atoms with Crippen molar-refractivity contribution in [1.82, 2.24) is 9.62 Å². The van der Waals surface area contributed by atoms with Crippen LogP contribution >= 0.6 is 11.9 Å². The molecule has 49 heavy (non-hydrogen) atoms. The van der Waals surface area contributed by atoms with E-state index in [1.54, 1.807) is 11.9 Å². The van der Waals surface area contributed by atoms with Gasteiger partial charge in [0.15, 0.2) is 0 Å². The van der Waals surface area contributed by atoms with Crippen LogP contribution in [0.1, 0.15) is 38.9 Å². The van der Waals surface area contributed by atoms with Crippen molar-refractivity contribution in [3.63, 3.8) is 0 Å².